The quantitative estimate of drug-likeness (QED) is 0.350. The van der Waals surface area contributed by atoms with Crippen LogP contribution in [0.5, 0.6) is 0 Å². The number of aromatic nitrogens is 3. The molecule has 5 rings (SSSR count). The topological polar surface area (TPSA) is 99.9 Å². The van der Waals surface area contributed by atoms with E-state index in [1.165, 1.54) is 11.6 Å². The van der Waals surface area contributed by atoms with Gasteiger partial charge in [0, 0.05) is 17.7 Å². The molecule has 4 N–H and O–H groups in total. The number of nitrogens with zero attached hydrogens (tertiary/aromatic N) is 3. The fraction of sp³-hybridized carbons (Fsp3) is 0.321. The van der Waals surface area contributed by atoms with Gasteiger partial charge in [-0.25, -0.2) is 14.4 Å². The van der Waals surface area contributed by atoms with Crippen molar-refractivity contribution >= 4 is 16.7 Å². The molecule has 0 bridgehead atoms. The molecule has 0 radical (unpaired) electrons. The van der Waals surface area contributed by atoms with Crippen molar-refractivity contribution < 1.29 is 8.78 Å². The van der Waals surface area contributed by atoms with Gasteiger partial charge in [0.1, 0.15) is 22.8 Å². The molecule has 0 aliphatic carbocycles. The van der Waals surface area contributed by atoms with Gasteiger partial charge in [-0.1, -0.05) is 12.1 Å². The van der Waals surface area contributed by atoms with E-state index in [2.05, 4.69) is 31.2 Å². The maximum absolute atomic E-state index is 15.2. The van der Waals surface area contributed by atoms with Crippen LogP contribution in [0.15, 0.2) is 41.2 Å². The Morgan fingerprint density at radius 3 is 2.51 bits per heavy atom. The third-order valence-electron chi connectivity index (χ3n) is 6.92. The normalized spacial score (nSPS) is 14.5. The molecule has 37 heavy (non-hydrogen) atoms. The van der Waals surface area contributed by atoms with Gasteiger partial charge in [0.05, 0.1) is 5.52 Å². The standard InChI is InChI=1S/C28H30F2N6O/c1-15-33-24-12-18(11-23(29)25(24)28(37)34-15)22-13-21(26(30)35-27(22)31)17-4-5-20(16-6-8-32-9-7-16)19(10-17)14-36(2)3/h4-5,10-13,16,32H,6-9,14H2,1-3H3,(H2,31,35)(H,33,34,37). The lowest BCUT2D eigenvalue weighted by molar-refractivity contribution is 0.394. The lowest BCUT2D eigenvalue weighted by Crippen LogP contribution is -2.27. The molecule has 2 aromatic carbocycles. The molecule has 0 spiro atoms. The molecule has 0 unspecified atom stereocenters. The summed E-state index contributed by atoms with van der Waals surface area (Å²) >= 11 is 0. The summed E-state index contributed by atoms with van der Waals surface area (Å²) in [6.07, 6.45) is 2.12. The van der Waals surface area contributed by atoms with Crippen molar-refractivity contribution in [3.05, 3.63) is 75.5 Å². The van der Waals surface area contributed by atoms with Crippen molar-refractivity contribution in [2.24, 2.45) is 0 Å². The van der Waals surface area contributed by atoms with E-state index in [1.807, 2.05) is 26.2 Å². The molecule has 1 aliphatic rings. The first-order valence-electron chi connectivity index (χ1n) is 12.4. The van der Waals surface area contributed by atoms with E-state index < -0.39 is 17.3 Å². The molecular weight excluding hydrogens is 474 g/mol. The van der Waals surface area contributed by atoms with Gasteiger partial charge < -0.3 is 20.9 Å². The number of halogens is 2. The van der Waals surface area contributed by atoms with Gasteiger partial charge in [0.25, 0.3) is 5.56 Å². The van der Waals surface area contributed by atoms with Crippen molar-refractivity contribution in [1.82, 2.24) is 25.2 Å². The first-order valence-corrected chi connectivity index (χ1v) is 12.4. The van der Waals surface area contributed by atoms with E-state index >= 15 is 4.39 Å². The third kappa shape index (κ3) is 4.97. The van der Waals surface area contributed by atoms with Crippen LogP contribution in [0.3, 0.4) is 0 Å². The Morgan fingerprint density at radius 1 is 1.03 bits per heavy atom. The third-order valence-corrected chi connectivity index (χ3v) is 6.92. The maximum atomic E-state index is 15.2. The number of rotatable bonds is 5. The highest BCUT2D eigenvalue weighted by molar-refractivity contribution is 5.88. The SMILES string of the molecule is Cc1nc2cc(-c3cc(-c4ccc(C5CCNCC5)c(CN(C)C)c4)c(F)nc3N)cc(F)c2c(=O)[nH]1. The second-order valence-corrected chi connectivity index (χ2v) is 9.94. The number of hydrogen-bond acceptors (Lipinski definition) is 6. The number of nitrogen functional groups attached to an aromatic ring is 1. The Bertz CT molecular complexity index is 1540. The van der Waals surface area contributed by atoms with Crippen molar-refractivity contribution in [2.45, 2.75) is 32.2 Å². The van der Waals surface area contributed by atoms with E-state index in [4.69, 9.17) is 5.73 Å². The van der Waals surface area contributed by atoms with Gasteiger partial charge in [-0.2, -0.15) is 4.39 Å². The van der Waals surface area contributed by atoms with Gasteiger partial charge in [0.15, 0.2) is 0 Å². The summed E-state index contributed by atoms with van der Waals surface area (Å²) in [5.41, 5.74) is 9.85. The van der Waals surface area contributed by atoms with Crippen LogP contribution in [-0.4, -0.2) is 47.0 Å². The van der Waals surface area contributed by atoms with Gasteiger partial charge in [-0.15, -0.1) is 0 Å². The second kappa shape index (κ2) is 9.99. The molecule has 3 heterocycles. The highest BCUT2D eigenvalue weighted by atomic mass is 19.1. The van der Waals surface area contributed by atoms with Crippen molar-refractivity contribution in [1.29, 1.82) is 0 Å². The number of benzene rings is 2. The summed E-state index contributed by atoms with van der Waals surface area (Å²) in [7, 11) is 4.02. The van der Waals surface area contributed by atoms with Crippen LogP contribution >= 0.6 is 0 Å². The van der Waals surface area contributed by atoms with E-state index in [1.54, 1.807) is 19.1 Å². The van der Waals surface area contributed by atoms with E-state index in [9.17, 15) is 9.18 Å². The summed E-state index contributed by atoms with van der Waals surface area (Å²) in [5.74, 6) is -0.678. The number of fused-ring (bicyclic) bond motifs is 1. The van der Waals surface area contributed by atoms with Gasteiger partial charge in [0.2, 0.25) is 5.95 Å². The Morgan fingerprint density at radius 2 is 1.78 bits per heavy atom. The number of hydrogen-bond donors (Lipinski definition) is 3. The minimum atomic E-state index is -0.730. The summed E-state index contributed by atoms with van der Waals surface area (Å²) < 4.78 is 30.1. The molecule has 4 aromatic rings. The molecule has 192 valence electrons. The largest absolute Gasteiger partial charge is 0.383 e. The van der Waals surface area contributed by atoms with Gasteiger partial charge in [-0.3, -0.25) is 4.79 Å². The minimum Gasteiger partial charge on any atom is -0.383 e. The van der Waals surface area contributed by atoms with Gasteiger partial charge >= 0.3 is 0 Å². The summed E-state index contributed by atoms with van der Waals surface area (Å²) in [6, 6.07) is 10.4. The first-order chi connectivity index (χ1) is 17.7. The lowest BCUT2D eigenvalue weighted by atomic mass is 9.85. The predicted molar refractivity (Wildman–Crippen MR) is 142 cm³/mol. The molecule has 0 amide bonds. The van der Waals surface area contributed by atoms with Crippen LogP contribution in [0.1, 0.15) is 35.7 Å². The van der Waals surface area contributed by atoms with Crippen LogP contribution in [0.4, 0.5) is 14.6 Å². The Hall–Kier alpha value is -3.69. The Labute approximate surface area is 213 Å². The van der Waals surface area contributed by atoms with Crippen molar-refractivity contribution in [3.8, 4) is 22.3 Å². The molecule has 1 fully saturated rings. The highest BCUT2D eigenvalue weighted by Crippen LogP contribution is 2.36. The summed E-state index contributed by atoms with van der Waals surface area (Å²) in [6.45, 7) is 4.31. The second-order valence-electron chi connectivity index (χ2n) is 9.94. The van der Waals surface area contributed by atoms with Crippen LogP contribution in [0, 0.1) is 18.7 Å². The zero-order valence-electron chi connectivity index (χ0n) is 21.2. The van der Waals surface area contributed by atoms with Crippen LogP contribution in [-0.2, 0) is 6.54 Å². The number of piperidine rings is 1. The van der Waals surface area contributed by atoms with Crippen molar-refractivity contribution in [2.75, 3.05) is 32.9 Å². The fourth-order valence-electron chi connectivity index (χ4n) is 5.22. The number of aryl methyl sites for hydroxylation is 1. The predicted octanol–water partition coefficient (Wildman–Crippen LogP) is 4.35. The molecule has 0 saturated carbocycles. The van der Waals surface area contributed by atoms with Gasteiger partial charge in [-0.05, 0) is 99.4 Å². The van der Waals surface area contributed by atoms with Crippen LogP contribution in [0.2, 0.25) is 0 Å². The van der Waals surface area contributed by atoms with Crippen LogP contribution < -0.4 is 16.6 Å². The smallest absolute Gasteiger partial charge is 0.261 e. The zero-order chi connectivity index (χ0) is 26.3. The number of aromatic amines is 1. The number of H-pyrrole nitrogens is 1. The molecular formula is C28H30F2N6O. The molecule has 7 nitrogen and oxygen atoms in total. The lowest BCUT2D eigenvalue weighted by Gasteiger charge is -2.26. The average molecular weight is 505 g/mol. The number of pyridine rings is 1. The molecule has 9 heteroatoms. The average Bonchev–Trinajstić information content (AvgIpc) is 2.83. The summed E-state index contributed by atoms with van der Waals surface area (Å²) in [5, 5.41) is 3.27. The Balaban J connectivity index is 1.63. The first kappa shape index (κ1) is 25.0. The highest BCUT2D eigenvalue weighted by Gasteiger charge is 2.21. The minimum absolute atomic E-state index is 0.0681. The molecule has 2 aromatic heterocycles. The number of anilines is 1. The van der Waals surface area contributed by atoms with Crippen LogP contribution in [0.25, 0.3) is 33.2 Å². The monoisotopic (exact) mass is 504 g/mol. The maximum Gasteiger partial charge on any atom is 0.261 e. The Kier molecular flexibility index (Phi) is 6.74. The fourth-order valence-corrected chi connectivity index (χ4v) is 5.22. The summed E-state index contributed by atoms with van der Waals surface area (Å²) in [4.78, 5) is 25.1. The van der Waals surface area contributed by atoms with E-state index in [-0.39, 0.29) is 22.3 Å². The number of nitrogens with one attached hydrogen (secondary N) is 2. The number of nitrogens with two attached hydrogens (primary N) is 1. The zero-order valence-corrected chi connectivity index (χ0v) is 21.2. The van der Waals surface area contributed by atoms with Crippen molar-refractivity contribution in [3.63, 3.8) is 0 Å². The molecule has 1 aliphatic heterocycles. The van der Waals surface area contributed by atoms with E-state index in [0.717, 1.165) is 38.0 Å². The van der Waals surface area contributed by atoms with E-state index in [0.29, 0.717) is 28.4 Å². The molecule has 1 saturated heterocycles. The molecule has 0 atom stereocenters.